The highest BCUT2D eigenvalue weighted by molar-refractivity contribution is 8.00. The summed E-state index contributed by atoms with van der Waals surface area (Å²) < 4.78 is 6.12. The number of carbonyl (C=O) groups is 1. The van der Waals surface area contributed by atoms with Crippen molar-refractivity contribution in [3.8, 4) is 5.75 Å². The molecule has 2 rings (SSSR count). The molecule has 2 unspecified atom stereocenters. The van der Waals surface area contributed by atoms with E-state index in [1.807, 2.05) is 23.9 Å². The zero-order valence-corrected chi connectivity index (χ0v) is 15.7. The number of fused-ring (bicyclic) bond motifs is 1. The lowest BCUT2D eigenvalue weighted by Gasteiger charge is -2.28. The van der Waals surface area contributed by atoms with Crippen LogP contribution in [-0.4, -0.2) is 22.1 Å². The zero-order valence-electron chi connectivity index (χ0n) is 14.8. The first-order valence-electron chi connectivity index (χ1n) is 8.47. The number of hydrogen-bond donors (Lipinski definition) is 2. The smallest absolute Gasteiger partial charge is 0.409 e. The summed E-state index contributed by atoms with van der Waals surface area (Å²) in [6.07, 6.45) is 6.76. The average Bonchev–Trinajstić information content (AvgIpc) is 2.75. The third-order valence-electron chi connectivity index (χ3n) is 4.02. The molecule has 2 atom stereocenters. The fraction of sp³-hybridized carbons (Fsp3) is 0.526. The molecule has 4 nitrogen and oxygen atoms in total. The van der Waals surface area contributed by atoms with E-state index in [-0.39, 0.29) is 10.9 Å². The Morgan fingerprint density at radius 2 is 2.21 bits per heavy atom. The Labute approximate surface area is 148 Å². The molecule has 0 radical (unpaired) electrons. The number of rotatable bonds is 7. The second kappa shape index (κ2) is 7.97. The molecule has 1 heterocycles. The molecule has 0 aromatic heterocycles. The van der Waals surface area contributed by atoms with Crippen LogP contribution in [-0.2, 0) is 0 Å². The monoisotopic (exact) mass is 349 g/mol. The van der Waals surface area contributed by atoms with Crippen molar-refractivity contribution in [3.63, 3.8) is 0 Å². The van der Waals surface area contributed by atoms with Crippen LogP contribution in [0.25, 0.3) is 0 Å². The third-order valence-corrected chi connectivity index (χ3v) is 5.78. The topological polar surface area (TPSA) is 58.6 Å². The second-order valence-electron chi connectivity index (χ2n) is 6.68. The van der Waals surface area contributed by atoms with Crippen LogP contribution in [0.2, 0.25) is 0 Å². The average molecular weight is 349 g/mol. The fourth-order valence-electron chi connectivity index (χ4n) is 2.88. The zero-order chi connectivity index (χ0) is 17.7. The van der Waals surface area contributed by atoms with Gasteiger partial charge in [0.15, 0.2) is 0 Å². The molecule has 1 amide bonds. The highest BCUT2D eigenvalue weighted by Crippen LogP contribution is 2.54. The van der Waals surface area contributed by atoms with Gasteiger partial charge >= 0.3 is 6.09 Å². The first kappa shape index (κ1) is 18.7. The van der Waals surface area contributed by atoms with Crippen LogP contribution in [0, 0.1) is 0 Å². The van der Waals surface area contributed by atoms with Gasteiger partial charge in [-0.25, -0.2) is 4.79 Å². The number of benzene rings is 1. The van der Waals surface area contributed by atoms with E-state index in [0.29, 0.717) is 16.7 Å². The predicted molar refractivity (Wildman–Crippen MR) is 101 cm³/mol. The van der Waals surface area contributed by atoms with Gasteiger partial charge < -0.3 is 9.84 Å². The minimum atomic E-state index is -1.07. The van der Waals surface area contributed by atoms with Crippen LogP contribution in [0.5, 0.6) is 5.75 Å². The van der Waals surface area contributed by atoms with Crippen molar-refractivity contribution >= 4 is 23.5 Å². The number of ether oxygens (including phenoxy) is 1. The molecule has 0 spiro atoms. The maximum Gasteiger partial charge on any atom is 0.409 e. The molecule has 0 bridgehead atoms. The van der Waals surface area contributed by atoms with Crippen molar-refractivity contribution in [2.45, 2.75) is 63.1 Å². The Hall–Kier alpha value is -1.62. The summed E-state index contributed by atoms with van der Waals surface area (Å²) in [5.41, 5.74) is 1.22. The van der Waals surface area contributed by atoms with Gasteiger partial charge in [0, 0.05) is 10.8 Å². The highest BCUT2D eigenvalue weighted by Gasteiger charge is 2.43. The summed E-state index contributed by atoms with van der Waals surface area (Å²) in [7, 11) is 0. The van der Waals surface area contributed by atoms with Gasteiger partial charge in [0.1, 0.15) is 11.4 Å². The van der Waals surface area contributed by atoms with E-state index >= 15 is 0 Å². The Balaban J connectivity index is 2.15. The van der Waals surface area contributed by atoms with Gasteiger partial charge in [-0.15, -0.1) is 11.8 Å². The molecule has 0 aliphatic carbocycles. The van der Waals surface area contributed by atoms with Crippen molar-refractivity contribution in [2.75, 3.05) is 5.32 Å². The summed E-state index contributed by atoms with van der Waals surface area (Å²) in [6.45, 7) is 8.54. The van der Waals surface area contributed by atoms with Crippen LogP contribution in [0.4, 0.5) is 10.5 Å². The highest BCUT2D eigenvalue weighted by atomic mass is 32.2. The van der Waals surface area contributed by atoms with E-state index in [9.17, 15) is 4.79 Å². The number of anilines is 1. The van der Waals surface area contributed by atoms with Gasteiger partial charge in [-0.1, -0.05) is 44.6 Å². The van der Waals surface area contributed by atoms with Gasteiger partial charge in [-0.3, -0.25) is 5.32 Å². The van der Waals surface area contributed by atoms with E-state index in [1.165, 1.54) is 6.42 Å². The minimum Gasteiger partial charge on any atom is -0.484 e. The first-order valence-corrected chi connectivity index (χ1v) is 9.41. The maximum atomic E-state index is 11.0. The van der Waals surface area contributed by atoms with Crippen molar-refractivity contribution in [1.82, 2.24) is 0 Å². The second-order valence-corrected chi connectivity index (χ2v) is 8.23. The van der Waals surface area contributed by atoms with E-state index in [2.05, 4.69) is 45.2 Å². The predicted octanol–water partition coefficient (Wildman–Crippen LogP) is 5.86. The normalized spacial score (nSPS) is 19.8. The molecule has 1 aliphatic rings. The molecule has 24 heavy (non-hydrogen) atoms. The lowest BCUT2D eigenvalue weighted by Crippen LogP contribution is -2.29. The Morgan fingerprint density at radius 1 is 1.46 bits per heavy atom. The fourth-order valence-corrected chi connectivity index (χ4v) is 4.27. The molecule has 0 saturated heterocycles. The Morgan fingerprint density at radius 3 is 2.88 bits per heavy atom. The largest absolute Gasteiger partial charge is 0.484 e. The first-order chi connectivity index (χ1) is 11.3. The van der Waals surface area contributed by atoms with Crippen LogP contribution < -0.4 is 10.1 Å². The van der Waals surface area contributed by atoms with Crippen molar-refractivity contribution < 1.29 is 14.6 Å². The SMILES string of the molecule is CCCC=CCC(C)SC1c2cccc(NC(=O)O)c2OC1(C)C. The molecule has 0 saturated carbocycles. The Bertz CT molecular complexity index is 613. The minimum absolute atomic E-state index is 0.178. The number of allylic oxidation sites excluding steroid dienone is 2. The number of hydrogen-bond acceptors (Lipinski definition) is 3. The summed E-state index contributed by atoms with van der Waals surface area (Å²) in [6, 6.07) is 5.66. The lowest BCUT2D eigenvalue weighted by atomic mass is 10.0. The number of unbranched alkanes of at least 4 members (excludes halogenated alkanes) is 1. The number of thioether (sulfide) groups is 1. The molecule has 1 aromatic carbocycles. The van der Waals surface area contributed by atoms with Crippen LogP contribution in [0.1, 0.15) is 57.8 Å². The van der Waals surface area contributed by atoms with Gasteiger partial charge in [-0.05, 0) is 32.8 Å². The van der Waals surface area contributed by atoms with Crippen molar-refractivity contribution in [1.29, 1.82) is 0 Å². The Kier molecular flexibility index (Phi) is 6.21. The maximum absolute atomic E-state index is 11.0. The number of para-hydroxylation sites is 1. The molecule has 0 fully saturated rings. The van der Waals surface area contributed by atoms with Crippen molar-refractivity contribution in [2.24, 2.45) is 0 Å². The van der Waals surface area contributed by atoms with Gasteiger partial charge in [0.05, 0.1) is 10.9 Å². The standard InChI is InChI=1S/C19H27NO3S/c1-5-6-7-8-10-13(2)24-17-14-11-9-12-15(20-18(21)22)16(14)23-19(17,3)4/h7-9,11-13,17,20H,5-6,10H2,1-4H3,(H,21,22). The van der Waals surface area contributed by atoms with Crippen LogP contribution >= 0.6 is 11.8 Å². The molecule has 2 N–H and O–H groups in total. The van der Waals surface area contributed by atoms with Gasteiger partial charge in [0.2, 0.25) is 0 Å². The molecule has 5 heteroatoms. The van der Waals surface area contributed by atoms with Crippen LogP contribution in [0.15, 0.2) is 30.4 Å². The van der Waals surface area contributed by atoms with Gasteiger partial charge in [-0.2, -0.15) is 0 Å². The summed E-state index contributed by atoms with van der Waals surface area (Å²) in [5.74, 6) is 0.663. The molecule has 1 aliphatic heterocycles. The van der Waals surface area contributed by atoms with Gasteiger partial charge in [0.25, 0.3) is 0 Å². The van der Waals surface area contributed by atoms with E-state index in [1.54, 1.807) is 6.07 Å². The molecular weight excluding hydrogens is 322 g/mol. The number of carboxylic acid groups (broad SMARTS) is 1. The van der Waals surface area contributed by atoms with E-state index in [0.717, 1.165) is 18.4 Å². The van der Waals surface area contributed by atoms with Crippen molar-refractivity contribution in [3.05, 3.63) is 35.9 Å². The van der Waals surface area contributed by atoms with E-state index in [4.69, 9.17) is 9.84 Å². The van der Waals surface area contributed by atoms with Crippen LogP contribution in [0.3, 0.4) is 0 Å². The molecule has 1 aromatic rings. The quantitative estimate of drug-likeness (QED) is 0.606. The molecule has 132 valence electrons. The molecular formula is C19H27NO3S. The number of nitrogens with one attached hydrogen (secondary N) is 1. The summed E-state index contributed by atoms with van der Waals surface area (Å²) in [4.78, 5) is 11.0. The number of amides is 1. The van der Waals surface area contributed by atoms with E-state index < -0.39 is 6.09 Å². The summed E-state index contributed by atoms with van der Waals surface area (Å²) >= 11 is 1.89. The lowest BCUT2D eigenvalue weighted by molar-refractivity contribution is 0.136. The third kappa shape index (κ3) is 4.47. The summed E-state index contributed by atoms with van der Waals surface area (Å²) in [5, 5.41) is 12.1.